The molecule has 1 aliphatic rings. The van der Waals surface area contributed by atoms with Crippen LogP contribution < -0.4 is 10.2 Å². The van der Waals surface area contributed by atoms with Crippen molar-refractivity contribution in [2.24, 2.45) is 0 Å². The van der Waals surface area contributed by atoms with Crippen LogP contribution in [0.1, 0.15) is 40.9 Å². The summed E-state index contributed by atoms with van der Waals surface area (Å²) in [5.41, 5.74) is 3.76. The lowest BCUT2D eigenvalue weighted by Gasteiger charge is -2.27. The van der Waals surface area contributed by atoms with Gasteiger partial charge in [0.1, 0.15) is 16.5 Å². The van der Waals surface area contributed by atoms with Gasteiger partial charge in [0.2, 0.25) is 0 Å². The number of rotatable bonds is 5. The molecule has 6 heteroatoms. The highest BCUT2D eigenvalue weighted by molar-refractivity contribution is 7.13. The molecular formula is C22H24N4OS. The minimum absolute atomic E-state index is 0.143. The predicted molar refractivity (Wildman–Crippen MR) is 114 cm³/mol. The number of carbonyl (C=O) groups is 1. The van der Waals surface area contributed by atoms with Crippen molar-refractivity contribution < 1.29 is 4.79 Å². The molecule has 1 aromatic carbocycles. The Morgan fingerprint density at radius 1 is 1.18 bits per heavy atom. The summed E-state index contributed by atoms with van der Waals surface area (Å²) in [6.07, 6.45) is 5.56. The maximum atomic E-state index is 12.5. The van der Waals surface area contributed by atoms with Gasteiger partial charge >= 0.3 is 0 Å². The quantitative estimate of drug-likeness (QED) is 0.698. The standard InChI is InChI=1S/C22H24N4OS/c1-16-7-3-4-8-18(16)14-24-21(27)19-15-28-22(25-19)17-9-10-23-20(13-17)26-11-5-2-6-12-26/h3-4,7-10,13,15H,2,5-6,11-12,14H2,1H3,(H,24,27). The Morgan fingerprint density at radius 2 is 2.00 bits per heavy atom. The van der Waals surface area contributed by atoms with Crippen LogP contribution in [0, 0.1) is 6.92 Å². The van der Waals surface area contributed by atoms with E-state index in [-0.39, 0.29) is 5.91 Å². The molecule has 0 spiro atoms. The predicted octanol–water partition coefficient (Wildman–Crippen LogP) is 4.43. The van der Waals surface area contributed by atoms with Crippen molar-refractivity contribution in [3.63, 3.8) is 0 Å². The molecule has 0 bridgehead atoms. The molecule has 3 heterocycles. The summed E-state index contributed by atoms with van der Waals surface area (Å²) in [7, 11) is 0. The van der Waals surface area contributed by atoms with Gasteiger partial charge in [-0.15, -0.1) is 11.3 Å². The lowest BCUT2D eigenvalue weighted by Crippen LogP contribution is -2.30. The van der Waals surface area contributed by atoms with Crippen LogP contribution in [0.3, 0.4) is 0 Å². The molecule has 3 aromatic rings. The summed E-state index contributed by atoms with van der Waals surface area (Å²) in [6.45, 7) is 4.67. The number of pyridine rings is 1. The van der Waals surface area contributed by atoms with Gasteiger partial charge in [0.15, 0.2) is 0 Å². The molecule has 0 unspecified atom stereocenters. The Hall–Kier alpha value is -2.73. The zero-order chi connectivity index (χ0) is 19.3. The first-order valence-electron chi connectivity index (χ1n) is 9.70. The molecule has 5 nitrogen and oxygen atoms in total. The number of carbonyl (C=O) groups excluding carboxylic acids is 1. The molecule has 1 N–H and O–H groups in total. The molecule has 144 valence electrons. The molecule has 4 rings (SSSR count). The normalized spacial score (nSPS) is 14.1. The zero-order valence-corrected chi connectivity index (χ0v) is 16.8. The number of aryl methyl sites for hydroxylation is 1. The fourth-order valence-electron chi connectivity index (χ4n) is 3.43. The SMILES string of the molecule is Cc1ccccc1CNC(=O)c1csc(-c2ccnc(N3CCCCC3)c2)n1. The highest BCUT2D eigenvalue weighted by atomic mass is 32.1. The van der Waals surface area contributed by atoms with Crippen LogP contribution in [0.5, 0.6) is 0 Å². The number of hydrogen-bond donors (Lipinski definition) is 1. The van der Waals surface area contributed by atoms with Gasteiger partial charge in [0.05, 0.1) is 0 Å². The van der Waals surface area contributed by atoms with E-state index in [1.54, 1.807) is 0 Å². The summed E-state index contributed by atoms with van der Waals surface area (Å²) >= 11 is 1.49. The Kier molecular flexibility index (Phi) is 5.67. The number of aromatic nitrogens is 2. The average Bonchev–Trinajstić information content (AvgIpc) is 3.24. The van der Waals surface area contributed by atoms with E-state index in [1.807, 2.05) is 48.8 Å². The summed E-state index contributed by atoms with van der Waals surface area (Å²) in [6, 6.07) is 12.1. The molecule has 0 aliphatic carbocycles. The number of thiazole rings is 1. The van der Waals surface area contributed by atoms with Gasteiger partial charge in [-0.3, -0.25) is 4.79 Å². The van der Waals surface area contributed by atoms with Crippen LogP contribution in [0.15, 0.2) is 48.0 Å². The van der Waals surface area contributed by atoms with Crippen LogP contribution in [0.2, 0.25) is 0 Å². The van der Waals surface area contributed by atoms with Crippen LogP contribution in [-0.4, -0.2) is 29.0 Å². The van der Waals surface area contributed by atoms with Crippen molar-refractivity contribution in [1.29, 1.82) is 0 Å². The summed E-state index contributed by atoms with van der Waals surface area (Å²) in [4.78, 5) is 23.9. The fourth-order valence-corrected chi connectivity index (χ4v) is 4.23. The van der Waals surface area contributed by atoms with Gasteiger partial charge in [0.25, 0.3) is 5.91 Å². The Morgan fingerprint density at radius 3 is 2.82 bits per heavy atom. The zero-order valence-electron chi connectivity index (χ0n) is 16.0. The Balaban J connectivity index is 1.45. The van der Waals surface area contributed by atoms with Crippen LogP contribution >= 0.6 is 11.3 Å². The topological polar surface area (TPSA) is 58.1 Å². The van der Waals surface area contributed by atoms with E-state index in [1.165, 1.54) is 36.2 Å². The number of benzene rings is 1. The first-order chi connectivity index (χ1) is 13.7. The first-order valence-corrected chi connectivity index (χ1v) is 10.6. The first kappa shape index (κ1) is 18.6. The third-order valence-electron chi connectivity index (χ3n) is 5.11. The maximum Gasteiger partial charge on any atom is 0.271 e. The van der Waals surface area contributed by atoms with Gasteiger partial charge in [0, 0.05) is 36.8 Å². The minimum atomic E-state index is -0.143. The fraction of sp³-hybridized carbons (Fsp3) is 0.318. The van der Waals surface area contributed by atoms with Crippen molar-refractivity contribution in [2.75, 3.05) is 18.0 Å². The summed E-state index contributed by atoms with van der Waals surface area (Å²) in [5, 5.41) is 5.64. The number of nitrogens with zero attached hydrogens (tertiary/aromatic N) is 3. The van der Waals surface area contributed by atoms with E-state index in [4.69, 9.17) is 0 Å². The van der Waals surface area contributed by atoms with Gasteiger partial charge in [-0.25, -0.2) is 9.97 Å². The lowest BCUT2D eigenvalue weighted by molar-refractivity contribution is 0.0946. The average molecular weight is 393 g/mol. The number of anilines is 1. The second-order valence-corrected chi connectivity index (χ2v) is 7.96. The molecule has 0 saturated carbocycles. The van der Waals surface area contributed by atoms with Crippen molar-refractivity contribution in [3.8, 4) is 10.6 Å². The number of amides is 1. The van der Waals surface area contributed by atoms with E-state index in [0.717, 1.165) is 35.0 Å². The van der Waals surface area contributed by atoms with Crippen molar-refractivity contribution in [1.82, 2.24) is 15.3 Å². The molecule has 28 heavy (non-hydrogen) atoms. The van der Waals surface area contributed by atoms with E-state index >= 15 is 0 Å². The van der Waals surface area contributed by atoms with Gasteiger partial charge in [-0.2, -0.15) is 0 Å². The highest BCUT2D eigenvalue weighted by Gasteiger charge is 2.15. The third-order valence-corrected chi connectivity index (χ3v) is 6.00. The largest absolute Gasteiger partial charge is 0.357 e. The monoisotopic (exact) mass is 392 g/mol. The molecule has 1 saturated heterocycles. The highest BCUT2D eigenvalue weighted by Crippen LogP contribution is 2.27. The molecule has 1 amide bonds. The van der Waals surface area contributed by atoms with Gasteiger partial charge < -0.3 is 10.2 Å². The van der Waals surface area contributed by atoms with Crippen molar-refractivity contribution >= 4 is 23.1 Å². The Labute approximate surface area is 169 Å². The molecule has 0 radical (unpaired) electrons. The number of piperidine rings is 1. The number of hydrogen-bond acceptors (Lipinski definition) is 5. The molecule has 0 atom stereocenters. The second-order valence-electron chi connectivity index (χ2n) is 7.10. The van der Waals surface area contributed by atoms with E-state index in [2.05, 4.69) is 26.3 Å². The second kappa shape index (κ2) is 8.52. The maximum absolute atomic E-state index is 12.5. The summed E-state index contributed by atoms with van der Waals surface area (Å²) in [5.74, 6) is 0.856. The van der Waals surface area contributed by atoms with Crippen molar-refractivity contribution in [3.05, 3.63) is 64.8 Å². The van der Waals surface area contributed by atoms with E-state index in [0.29, 0.717) is 12.2 Å². The van der Waals surface area contributed by atoms with Crippen LogP contribution in [0.25, 0.3) is 10.6 Å². The third kappa shape index (κ3) is 4.22. The minimum Gasteiger partial charge on any atom is -0.357 e. The van der Waals surface area contributed by atoms with Crippen molar-refractivity contribution in [2.45, 2.75) is 32.7 Å². The van der Waals surface area contributed by atoms with Gasteiger partial charge in [-0.05, 0) is 49.4 Å². The smallest absolute Gasteiger partial charge is 0.271 e. The molecule has 2 aromatic heterocycles. The lowest BCUT2D eigenvalue weighted by atomic mass is 10.1. The Bertz CT molecular complexity index is 962. The van der Waals surface area contributed by atoms with Gasteiger partial charge in [-0.1, -0.05) is 24.3 Å². The van der Waals surface area contributed by atoms with E-state index < -0.39 is 0 Å². The van der Waals surface area contributed by atoms with Crippen LogP contribution in [-0.2, 0) is 6.54 Å². The van der Waals surface area contributed by atoms with Crippen LogP contribution in [0.4, 0.5) is 5.82 Å². The molecule has 1 aliphatic heterocycles. The molecule has 1 fully saturated rings. The van der Waals surface area contributed by atoms with E-state index in [9.17, 15) is 4.79 Å². The number of nitrogens with one attached hydrogen (secondary N) is 1. The molecular weight excluding hydrogens is 368 g/mol. The summed E-state index contributed by atoms with van der Waals surface area (Å²) < 4.78 is 0.